The van der Waals surface area contributed by atoms with Gasteiger partial charge in [-0.15, -0.1) is 0 Å². The first-order chi connectivity index (χ1) is 4.33. The summed E-state index contributed by atoms with van der Waals surface area (Å²) in [5, 5.41) is 0. The molecule has 0 heterocycles. The third kappa shape index (κ3) is 1.48. The lowest BCUT2D eigenvalue weighted by Crippen LogP contribution is -1.86. The summed E-state index contributed by atoms with van der Waals surface area (Å²) in [5.74, 6) is 0.917. The maximum absolute atomic E-state index is 4.97. The van der Waals surface area contributed by atoms with Gasteiger partial charge in [-0.25, -0.2) is 0 Å². The van der Waals surface area contributed by atoms with E-state index in [0.717, 1.165) is 12.2 Å². The summed E-state index contributed by atoms with van der Waals surface area (Å²) in [6, 6.07) is 0. The summed E-state index contributed by atoms with van der Waals surface area (Å²) in [6.45, 7) is 2.06. The van der Waals surface area contributed by atoms with Gasteiger partial charge in [0.2, 0.25) is 0 Å². The van der Waals surface area contributed by atoms with Gasteiger partial charge in [-0.2, -0.15) is 0 Å². The molecule has 9 heavy (non-hydrogen) atoms. The fourth-order valence-electron chi connectivity index (χ4n) is 0.708. The average molecular weight is 122 g/mol. The molecule has 0 aromatic heterocycles. The van der Waals surface area contributed by atoms with Crippen LogP contribution in [-0.2, 0) is 4.74 Å². The van der Waals surface area contributed by atoms with Gasteiger partial charge in [-0.1, -0.05) is 11.8 Å². The highest BCUT2D eigenvalue weighted by Gasteiger charge is 1.94. The van der Waals surface area contributed by atoms with Crippen LogP contribution < -0.4 is 0 Å². The van der Waals surface area contributed by atoms with E-state index in [1.165, 1.54) is 5.57 Å². The SMILES string of the molecule is COC1=C=CC(C)=CC1. The zero-order valence-corrected chi connectivity index (χ0v) is 5.77. The topological polar surface area (TPSA) is 9.23 Å². The molecule has 0 aliphatic heterocycles. The fourth-order valence-corrected chi connectivity index (χ4v) is 0.708. The van der Waals surface area contributed by atoms with E-state index in [9.17, 15) is 0 Å². The fraction of sp³-hybridized carbons (Fsp3) is 0.375. The van der Waals surface area contributed by atoms with Gasteiger partial charge in [-0.05, 0) is 18.6 Å². The number of methoxy groups -OCH3 is 1. The maximum Gasteiger partial charge on any atom is 0.141 e. The molecule has 1 heteroatoms. The highest BCUT2D eigenvalue weighted by atomic mass is 16.5. The smallest absolute Gasteiger partial charge is 0.141 e. The number of ether oxygens (including phenoxy) is 1. The molecule has 0 fully saturated rings. The first-order valence-corrected chi connectivity index (χ1v) is 2.99. The van der Waals surface area contributed by atoms with Crippen LogP contribution in [-0.4, -0.2) is 7.11 Å². The number of hydrogen-bond donors (Lipinski definition) is 0. The lowest BCUT2D eigenvalue weighted by atomic mass is 10.1. The summed E-state index contributed by atoms with van der Waals surface area (Å²) < 4.78 is 4.97. The summed E-state index contributed by atoms with van der Waals surface area (Å²) in [7, 11) is 1.67. The van der Waals surface area contributed by atoms with Gasteiger partial charge in [0.25, 0.3) is 0 Å². The van der Waals surface area contributed by atoms with Crippen LogP contribution in [0.4, 0.5) is 0 Å². The summed E-state index contributed by atoms with van der Waals surface area (Å²) >= 11 is 0. The molecule has 0 radical (unpaired) electrons. The standard InChI is InChI=1S/C8H10O/c1-7-3-5-8(9-2)6-4-7/h3-4H,5H2,1-2H3. The van der Waals surface area contributed by atoms with Crippen molar-refractivity contribution in [2.45, 2.75) is 13.3 Å². The largest absolute Gasteiger partial charge is 0.493 e. The minimum atomic E-state index is 0.888. The zero-order chi connectivity index (χ0) is 6.69. The highest BCUT2D eigenvalue weighted by Crippen LogP contribution is 2.09. The molecule has 1 rings (SSSR count). The molecule has 1 aliphatic rings. The second kappa shape index (κ2) is 2.56. The quantitative estimate of drug-likeness (QED) is 0.483. The number of allylic oxidation sites excluding steroid dienone is 2. The molecule has 0 N–H and O–H groups in total. The van der Waals surface area contributed by atoms with Crippen molar-refractivity contribution in [3.05, 3.63) is 29.2 Å². The molecule has 0 aromatic carbocycles. The Labute approximate surface area is 55.3 Å². The van der Waals surface area contributed by atoms with Crippen LogP contribution in [0.2, 0.25) is 0 Å². The summed E-state index contributed by atoms with van der Waals surface area (Å²) in [5.41, 5.74) is 4.28. The van der Waals surface area contributed by atoms with Gasteiger partial charge >= 0.3 is 0 Å². The predicted octanol–water partition coefficient (Wildman–Crippen LogP) is 2.02. The lowest BCUT2D eigenvalue weighted by Gasteiger charge is -2.02. The molecule has 0 saturated heterocycles. The van der Waals surface area contributed by atoms with Crippen molar-refractivity contribution in [3.8, 4) is 0 Å². The summed E-state index contributed by atoms with van der Waals surface area (Å²) in [4.78, 5) is 0. The van der Waals surface area contributed by atoms with Gasteiger partial charge in [0, 0.05) is 6.42 Å². The highest BCUT2D eigenvalue weighted by molar-refractivity contribution is 5.22. The third-order valence-corrected chi connectivity index (χ3v) is 1.32. The monoisotopic (exact) mass is 122 g/mol. The molecule has 0 aromatic rings. The average Bonchev–Trinajstić information content (AvgIpc) is 1.90. The Hall–Kier alpha value is -0.940. The van der Waals surface area contributed by atoms with Gasteiger partial charge in [-0.3, -0.25) is 0 Å². The molecule has 0 saturated carbocycles. The van der Waals surface area contributed by atoms with Crippen LogP contribution >= 0.6 is 0 Å². The predicted molar refractivity (Wildman–Crippen MR) is 37.0 cm³/mol. The molecule has 0 unspecified atom stereocenters. The van der Waals surface area contributed by atoms with Crippen LogP contribution in [0.1, 0.15) is 13.3 Å². The molecule has 0 spiro atoms. The van der Waals surface area contributed by atoms with E-state index >= 15 is 0 Å². The van der Waals surface area contributed by atoms with Crippen molar-refractivity contribution in [2.24, 2.45) is 0 Å². The number of rotatable bonds is 1. The van der Waals surface area contributed by atoms with Crippen LogP contribution in [0.15, 0.2) is 29.2 Å². The molecule has 1 aliphatic carbocycles. The Balaban J connectivity index is 2.75. The Kier molecular flexibility index (Phi) is 1.76. The lowest BCUT2D eigenvalue weighted by molar-refractivity contribution is 0.285. The first-order valence-electron chi connectivity index (χ1n) is 2.99. The molecule has 0 atom stereocenters. The normalized spacial score (nSPS) is 16.7. The van der Waals surface area contributed by atoms with Gasteiger partial charge in [0.15, 0.2) is 0 Å². The van der Waals surface area contributed by atoms with Crippen molar-refractivity contribution in [3.63, 3.8) is 0 Å². The Morgan fingerprint density at radius 3 is 2.89 bits per heavy atom. The van der Waals surface area contributed by atoms with Crippen LogP contribution in [0.3, 0.4) is 0 Å². The van der Waals surface area contributed by atoms with E-state index in [-0.39, 0.29) is 0 Å². The molecule has 0 bridgehead atoms. The Morgan fingerprint density at radius 1 is 1.67 bits per heavy atom. The van der Waals surface area contributed by atoms with Gasteiger partial charge in [0.05, 0.1) is 7.11 Å². The minimum absolute atomic E-state index is 0.888. The second-order valence-electron chi connectivity index (χ2n) is 2.07. The van der Waals surface area contributed by atoms with Crippen molar-refractivity contribution < 1.29 is 4.74 Å². The molecule has 0 amide bonds. The van der Waals surface area contributed by atoms with E-state index in [4.69, 9.17) is 4.74 Å². The first kappa shape index (κ1) is 6.18. The van der Waals surface area contributed by atoms with Crippen LogP contribution in [0.25, 0.3) is 0 Å². The Morgan fingerprint density at radius 2 is 2.44 bits per heavy atom. The minimum Gasteiger partial charge on any atom is -0.493 e. The van der Waals surface area contributed by atoms with Crippen molar-refractivity contribution in [1.29, 1.82) is 0 Å². The van der Waals surface area contributed by atoms with Gasteiger partial charge in [0.1, 0.15) is 5.76 Å². The molecular weight excluding hydrogens is 112 g/mol. The molecule has 1 nitrogen and oxygen atoms in total. The van der Waals surface area contributed by atoms with Crippen LogP contribution in [0.5, 0.6) is 0 Å². The second-order valence-corrected chi connectivity index (χ2v) is 2.07. The van der Waals surface area contributed by atoms with E-state index < -0.39 is 0 Å². The van der Waals surface area contributed by atoms with Crippen LogP contribution in [0, 0.1) is 0 Å². The zero-order valence-electron chi connectivity index (χ0n) is 5.77. The van der Waals surface area contributed by atoms with E-state index in [0.29, 0.717) is 0 Å². The summed E-state index contributed by atoms with van der Waals surface area (Å²) in [6.07, 6.45) is 4.94. The third-order valence-electron chi connectivity index (χ3n) is 1.32. The Bertz CT molecular complexity index is 193. The van der Waals surface area contributed by atoms with E-state index in [1.807, 2.05) is 6.08 Å². The van der Waals surface area contributed by atoms with Crippen molar-refractivity contribution >= 4 is 0 Å². The molecule has 48 valence electrons. The number of hydrogen-bond acceptors (Lipinski definition) is 1. The molecular formula is C8H10O. The van der Waals surface area contributed by atoms with Gasteiger partial charge < -0.3 is 4.74 Å². The maximum atomic E-state index is 4.97. The van der Waals surface area contributed by atoms with E-state index in [1.54, 1.807) is 7.11 Å². The van der Waals surface area contributed by atoms with E-state index in [2.05, 4.69) is 18.7 Å². The van der Waals surface area contributed by atoms with Crippen molar-refractivity contribution in [1.82, 2.24) is 0 Å². The van der Waals surface area contributed by atoms with Crippen molar-refractivity contribution in [2.75, 3.05) is 7.11 Å².